The Hall–Kier alpha value is -1.65. The van der Waals surface area contributed by atoms with Crippen LogP contribution in [0.4, 0.5) is 0 Å². The molecule has 5 nitrogen and oxygen atoms in total. The van der Waals surface area contributed by atoms with Crippen molar-refractivity contribution in [2.45, 2.75) is 27.2 Å². The van der Waals surface area contributed by atoms with Crippen LogP contribution in [0.5, 0.6) is 0 Å². The molecule has 0 aromatic carbocycles. The lowest BCUT2D eigenvalue weighted by atomic mass is 10.2. The number of H-pyrrole nitrogens is 1. The first-order valence-electron chi connectivity index (χ1n) is 4.58. The van der Waals surface area contributed by atoms with E-state index in [1.165, 1.54) is 4.52 Å². The lowest BCUT2D eigenvalue weighted by molar-refractivity contribution is 0.841. The van der Waals surface area contributed by atoms with Crippen molar-refractivity contribution in [3.63, 3.8) is 0 Å². The van der Waals surface area contributed by atoms with Crippen LogP contribution < -0.4 is 5.56 Å². The number of aromatic amines is 1. The first-order valence-corrected chi connectivity index (χ1v) is 4.58. The summed E-state index contributed by atoms with van der Waals surface area (Å²) in [5, 5.41) is 4.02. The average Bonchev–Trinajstić information content (AvgIpc) is 2.47. The summed E-state index contributed by atoms with van der Waals surface area (Å²) >= 11 is 0. The summed E-state index contributed by atoms with van der Waals surface area (Å²) in [6.45, 7) is 5.60. The van der Waals surface area contributed by atoms with Gasteiger partial charge >= 0.3 is 0 Å². The van der Waals surface area contributed by atoms with Gasteiger partial charge in [0.1, 0.15) is 5.82 Å². The highest BCUT2D eigenvalue weighted by Gasteiger charge is 2.09. The molecule has 2 aromatic rings. The first-order chi connectivity index (χ1) is 6.63. The van der Waals surface area contributed by atoms with Gasteiger partial charge in [-0.2, -0.15) is 9.50 Å². The van der Waals surface area contributed by atoms with Gasteiger partial charge in [-0.05, 0) is 20.3 Å². The Morgan fingerprint density at radius 3 is 2.79 bits per heavy atom. The van der Waals surface area contributed by atoms with Crippen LogP contribution >= 0.6 is 0 Å². The molecule has 0 saturated carbocycles. The molecule has 2 rings (SSSR count). The molecule has 0 atom stereocenters. The predicted octanol–water partition coefficient (Wildman–Crippen LogP) is 0.597. The zero-order valence-corrected chi connectivity index (χ0v) is 8.46. The molecule has 2 heterocycles. The third-order valence-electron chi connectivity index (χ3n) is 2.27. The van der Waals surface area contributed by atoms with Gasteiger partial charge in [-0.15, -0.1) is 5.10 Å². The lowest BCUT2D eigenvalue weighted by Crippen LogP contribution is -2.21. The minimum absolute atomic E-state index is 0.0700. The maximum Gasteiger partial charge on any atom is 0.279 e. The zero-order chi connectivity index (χ0) is 10.3. The first kappa shape index (κ1) is 8.93. The maximum absolute atomic E-state index is 11.8. The summed E-state index contributed by atoms with van der Waals surface area (Å²) in [6.07, 6.45) is 0.704. The quantitative estimate of drug-likeness (QED) is 0.719. The van der Waals surface area contributed by atoms with Crippen molar-refractivity contribution in [3.05, 3.63) is 27.4 Å². The van der Waals surface area contributed by atoms with Gasteiger partial charge in [0.2, 0.25) is 5.78 Å². The van der Waals surface area contributed by atoms with Crippen molar-refractivity contribution in [1.29, 1.82) is 0 Å². The van der Waals surface area contributed by atoms with Gasteiger partial charge in [0.05, 0.1) is 0 Å². The van der Waals surface area contributed by atoms with Gasteiger partial charge in [-0.1, -0.05) is 6.92 Å². The van der Waals surface area contributed by atoms with Crippen molar-refractivity contribution in [2.75, 3.05) is 0 Å². The molecule has 14 heavy (non-hydrogen) atoms. The molecule has 0 aliphatic carbocycles. The Morgan fingerprint density at radius 1 is 1.43 bits per heavy atom. The molecule has 5 heteroatoms. The van der Waals surface area contributed by atoms with Crippen LogP contribution in [0.1, 0.15) is 24.0 Å². The molecule has 0 aliphatic rings. The Kier molecular flexibility index (Phi) is 1.87. The summed E-state index contributed by atoms with van der Waals surface area (Å²) in [4.78, 5) is 19.0. The normalized spacial score (nSPS) is 11.1. The predicted molar refractivity (Wildman–Crippen MR) is 52.5 cm³/mol. The van der Waals surface area contributed by atoms with Crippen LogP contribution in [-0.2, 0) is 6.42 Å². The van der Waals surface area contributed by atoms with Crippen molar-refractivity contribution in [1.82, 2.24) is 19.6 Å². The van der Waals surface area contributed by atoms with E-state index in [1.54, 1.807) is 6.92 Å². The van der Waals surface area contributed by atoms with Crippen molar-refractivity contribution >= 4 is 5.78 Å². The number of nitrogens with zero attached hydrogens (tertiary/aromatic N) is 3. The SMILES string of the molecule is CCc1c(C)[nH]c2nc(C)nn2c1=O. The van der Waals surface area contributed by atoms with Crippen molar-refractivity contribution < 1.29 is 0 Å². The highest BCUT2D eigenvalue weighted by atomic mass is 16.1. The second kappa shape index (κ2) is 2.94. The molecule has 0 aliphatic heterocycles. The third-order valence-corrected chi connectivity index (χ3v) is 2.27. The van der Waals surface area contributed by atoms with Gasteiger partial charge < -0.3 is 4.98 Å². The van der Waals surface area contributed by atoms with Crippen molar-refractivity contribution in [3.8, 4) is 0 Å². The molecular weight excluding hydrogens is 180 g/mol. The molecule has 2 aromatic heterocycles. The summed E-state index contributed by atoms with van der Waals surface area (Å²) in [5.41, 5.74) is 1.57. The van der Waals surface area contributed by atoms with Crippen LogP contribution in [0.25, 0.3) is 5.78 Å². The van der Waals surface area contributed by atoms with E-state index in [1.807, 2.05) is 13.8 Å². The summed E-state index contributed by atoms with van der Waals surface area (Å²) in [5.74, 6) is 1.12. The van der Waals surface area contributed by atoms with E-state index in [0.29, 0.717) is 18.0 Å². The molecule has 74 valence electrons. The molecule has 0 saturated heterocycles. The van der Waals surface area contributed by atoms with E-state index in [0.717, 1.165) is 11.3 Å². The molecule has 0 radical (unpaired) electrons. The van der Waals surface area contributed by atoms with E-state index >= 15 is 0 Å². The van der Waals surface area contributed by atoms with Crippen LogP contribution in [-0.4, -0.2) is 19.6 Å². The minimum Gasteiger partial charge on any atom is -0.328 e. The van der Waals surface area contributed by atoms with Gasteiger partial charge in [-0.3, -0.25) is 4.79 Å². The van der Waals surface area contributed by atoms with E-state index < -0.39 is 0 Å². The minimum atomic E-state index is -0.0700. The Bertz CT molecular complexity index is 537. The average molecular weight is 192 g/mol. The van der Waals surface area contributed by atoms with Crippen LogP contribution in [0.2, 0.25) is 0 Å². The van der Waals surface area contributed by atoms with Crippen LogP contribution in [0, 0.1) is 13.8 Å². The summed E-state index contributed by atoms with van der Waals surface area (Å²) in [6, 6.07) is 0. The fraction of sp³-hybridized carbons (Fsp3) is 0.444. The van der Waals surface area contributed by atoms with Gasteiger partial charge in [0.15, 0.2) is 0 Å². The number of nitrogens with one attached hydrogen (secondary N) is 1. The Labute approximate surface area is 80.8 Å². The monoisotopic (exact) mass is 192 g/mol. The number of aromatic nitrogens is 4. The number of rotatable bonds is 1. The topological polar surface area (TPSA) is 63.1 Å². The lowest BCUT2D eigenvalue weighted by Gasteiger charge is -2.01. The highest BCUT2D eigenvalue weighted by molar-refractivity contribution is 5.31. The number of hydrogen-bond donors (Lipinski definition) is 1. The second-order valence-electron chi connectivity index (χ2n) is 3.28. The smallest absolute Gasteiger partial charge is 0.279 e. The second-order valence-corrected chi connectivity index (χ2v) is 3.28. The molecule has 0 fully saturated rings. The number of hydrogen-bond acceptors (Lipinski definition) is 3. The maximum atomic E-state index is 11.8. The fourth-order valence-electron chi connectivity index (χ4n) is 1.59. The van der Waals surface area contributed by atoms with E-state index in [-0.39, 0.29) is 5.56 Å². The summed E-state index contributed by atoms with van der Waals surface area (Å²) in [7, 11) is 0. The fourth-order valence-corrected chi connectivity index (χ4v) is 1.59. The van der Waals surface area contributed by atoms with Crippen LogP contribution in [0.3, 0.4) is 0 Å². The molecule has 0 bridgehead atoms. The number of aryl methyl sites for hydroxylation is 2. The molecule has 1 N–H and O–H groups in total. The van der Waals surface area contributed by atoms with E-state index in [4.69, 9.17) is 0 Å². The third kappa shape index (κ3) is 1.13. The van der Waals surface area contributed by atoms with E-state index in [2.05, 4.69) is 15.1 Å². The summed E-state index contributed by atoms with van der Waals surface area (Å²) < 4.78 is 1.32. The molecule has 0 unspecified atom stereocenters. The van der Waals surface area contributed by atoms with Crippen LogP contribution in [0.15, 0.2) is 4.79 Å². The number of fused-ring (bicyclic) bond motifs is 1. The van der Waals surface area contributed by atoms with E-state index in [9.17, 15) is 4.79 Å². The van der Waals surface area contributed by atoms with Gasteiger partial charge in [0.25, 0.3) is 5.56 Å². The Balaban J connectivity index is 2.92. The molecular formula is C9H12N4O. The van der Waals surface area contributed by atoms with Gasteiger partial charge in [-0.25, -0.2) is 0 Å². The van der Waals surface area contributed by atoms with Crippen molar-refractivity contribution in [2.24, 2.45) is 0 Å². The largest absolute Gasteiger partial charge is 0.328 e. The van der Waals surface area contributed by atoms with Gasteiger partial charge in [0, 0.05) is 11.3 Å². The standard InChI is InChI=1S/C9H12N4O/c1-4-7-5(2)10-9-11-6(3)12-13(9)8(7)14/h4H2,1-3H3,(H,10,11,12). The molecule has 0 spiro atoms. The zero-order valence-electron chi connectivity index (χ0n) is 8.46. The molecule has 0 amide bonds. The Morgan fingerprint density at radius 2 is 2.14 bits per heavy atom. The highest BCUT2D eigenvalue weighted by Crippen LogP contribution is 2.02.